The second-order valence-electron chi connectivity index (χ2n) is 5.74. The minimum absolute atomic E-state index is 0.0849. The number of carbonyl (C=O) groups excluding carboxylic acids is 2. The number of rotatable bonds is 7. The summed E-state index contributed by atoms with van der Waals surface area (Å²) >= 11 is 5.94. The molecule has 0 spiro atoms. The largest absolute Gasteiger partial charge is 0.497 e. The minimum Gasteiger partial charge on any atom is -0.497 e. The van der Waals surface area contributed by atoms with Crippen LogP contribution in [-0.2, 0) is 13.0 Å². The number of ether oxygens (including phenoxy) is 1. The van der Waals surface area contributed by atoms with Crippen LogP contribution < -0.4 is 4.74 Å². The van der Waals surface area contributed by atoms with Gasteiger partial charge in [-0.05, 0) is 24.3 Å². The number of methoxy groups -OCH3 is 1. The molecule has 1 aromatic heterocycles. The summed E-state index contributed by atoms with van der Waals surface area (Å²) in [5, 5.41) is 0.507. The Labute approximate surface area is 156 Å². The maximum atomic E-state index is 12.5. The quantitative estimate of drug-likeness (QED) is 0.594. The maximum absolute atomic E-state index is 12.5. The highest BCUT2D eigenvalue weighted by atomic mass is 35.5. The number of nitrogens with zero attached hydrogens (tertiary/aromatic N) is 2. The Morgan fingerprint density at radius 3 is 2.54 bits per heavy atom. The molecular formula is C20H17ClN2O3. The molecule has 3 rings (SSSR count). The SMILES string of the molecule is COc1cccc(C(=O)Cn2ccnc2CC(=O)c2cccc(Cl)c2)c1. The van der Waals surface area contributed by atoms with Crippen molar-refractivity contribution >= 4 is 23.2 Å². The number of aromatic nitrogens is 2. The van der Waals surface area contributed by atoms with Gasteiger partial charge in [0.25, 0.3) is 0 Å². The molecule has 6 heteroatoms. The van der Waals surface area contributed by atoms with Crippen LogP contribution in [0.2, 0.25) is 5.02 Å². The first-order valence-corrected chi connectivity index (χ1v) is 8.40. The molecule has 5 nitrogen and oxygen atoms in total. The number of Topliss-reactive ketones (excluding diaryl/α,β-unsaturated/α-hetero) is 2. The van der Waals surface area contributed by atoms with Crippen molar-refractivity contribution in [2.24, 2.45) is 0 Å². The van der Waals surface area contributed by atoms with E-state index < -0.39 is 0 Å². The molecule has 0 saturated heterocycles. The van der Waals surface area contributed by atoms with Gasteiger partial charge in [0.15, 0.2) is 11.6 Å². The fraction of sp³-hybridized carbons (Fsp3) is 0.150. The first kappa shape index (κ1) is 17.9. The topological polar surface area (TPSA) is 61.2 Å². The smallest absolute Gasteiger partial charge is 0.182 e. The second kappa shape index (κ2) is 7.97. The molecule has 2 aromatic carbocycles. The van der Waals surface area contributed by atoms with E-state index in [1.165, 1.54) is 0 Å². The number of imidazole rings is 1. The van der Waals surface area contributed by atoms with Gasteiger partial charge in [-0.1, -0.05) is 35.9 Å². The molecule has 26 heavy (non-hydrogen) atoms. The summed E-state index contributed by atoms with van der Waals surface area (Å²) in [7, 11) is 1.55. The summed E-state index contributed by atoms with van der Waals surface area (Å²) in [5.41, 5.74) is 1.07. The average Bonchev–Trinajstić information content (AvgIpc) is 3.08. The van der Waals surface area contributed by atoms with Crippen molar-refractivity contribution < 1.29 is 14.3 Å². The van der Waals surface area contributed by atoms with E-state index in [2.05, 4.69) is 4.98 Å². The first-order chi connectivity index (χ1) is 12.6. The van der Waals surface area contributed by atoms with Crippen molar-refractivity contribution in [3.63, 3.8) is 0 Å². The van der Waals surface area contributed by atoms with Crippen molar-refractivity contribution in [3.8, 4) is 5.75 Å². The van der Waals surface area contributed by atoms with Gasteiger partial charge in [-0.15, -0.1) is 0 Å². The highest BCUT2D eigenvalue weighted by Gasteiger charge is 2.15. The molecule has 0 saturated carbocycles. The summed E-state index contributed by atoms with van der Waals surface area (Å²) in [6, 6.07) is 13.8. The van der Waals surface area contributed by atoms with Crippen LogP contribution in [0.15, 0.2) is 60.9 Å². The molecule has 0 bridgehead atoms. The van der Waals surface area contributed by atoms with E-state index in [-0.39, 0.29) is 24.5 Å². The Kier molecular flexibility index (Phi) is 5.49. The fourth-order valence-electron chi connectivity index (χ4n) is 2.60. The van der Waals surface area contributed by atoms with E-state index in [0.29, 0.717) is 27.7 Å². The van der Waals surface area contributed by atoms with Crippen molar-refractivity contribution in [3.05, 3.63) is 82.9 Å². The van der Waals surface area contributed by atoms with Crippen LogP contribution in [0.25, 0.3) is 0 Å². The van der Waals surface area contributed by atoms with Crippen molar-refractivity contribution in [1.82, 2.24) is 9.55 Å². The monoisotopic (exact) mass is 368 g/mol. The molecule has 0 aliphatic rings. The van der Waals surface area contributed by atoms with Crippen molar-refractivity contribution in [1.29, 1.82) is 0 Å². The van der Waals surface area contributed by atoms with Crippen LogP contribution in [0.3, 0.4) is 0 Å². The molecule has 0 unspecified atom stereocenters. The molecule has 0 atom stereocenters. The van der Waals surface area contributed by atoms with Gasteiger partial charge in [0.1, 0.15) is 11.6 Å². The van der Waals surface area contributed by atoms with Crippen molar-refractivity contribution in [2.75, 3.05) is 7.11 Å². The average molecular weight is 369 g/mol. The minimum atomic E-state index is -0.103. The van der Waals surface area contributed by atoms with E-state index in [0.717, 1.165) is 0 Å². The Hall–Kier alpha value is -2.92. The molecule has 0 aliphatic heterocycles. The second-order valence-corrected chi connectivity index (χ2v) is 6.17. The standard InChI is InChI=1S/C20H17ClN2O3/c1-26-17-7-3-5-15(11-17)19(25)13-23-9-8-22-20(23)12-18(24)14-4-2-6-16(21)10-14/h2-11H,12-13H2,1H3. The van der Waals surface area contributed by atoms with E-state index in [1.54, 1.807) is 72.6 Å². The normalized spacial score (nSPS) is 10.5. The highest BCUT2D eigenvalue weighted by molar-refractivity contribution is 6.31. The summed E-state index contributed by atoms with van der Waals surface area (Å²) < 4.78 is 6.83. The third kappa shape index (κ3) is 4.18. The fourth-order valence-corrected chi connectivity index (χ4v) is 2.79. The zero-order valence-electron chi connectivity index (χ0n) is 14.2. The van der Waals surface area contributed by atoms with Crippen LogP contribution >= 0.6 is 11.6 Å². The van der Waals surface area contributed by atoms with Gasteiger partial charge in [0.05, 0.1) is 20.1 Å². The number of hydrogen-bond acceptors (Lipinski definition) is 4. The number of benzene rings is 2. The van der Waals surface area contributed by atoms with E-state index in [4.69, 9.17) is 16.3 Å². The Morgan fingerprint density at radius 1 is 1.08 bits per heavy atom. The predicted octanol–water partition coefficient (Wildman–Crippen LogP) is 3.85. The summed E-state index contributed by atoms with van der Waals surface area (Å²) in [5.74, 6) is 0.969. The maximum Gasteiger partial charge on any atom is 0.182 e. The Balaban J connectivity index is 1.74. The molecule has 1 heterocycles. The lowest BCUT2D eigenvalue weighted by Crippen LogP contribution is -2.15. The lowest BCUT2D eigenvalue weighted by molar-refractivity contribution is 0.0958. The zero-order valence-corrected chi connectivity index (χ0v) is 14.9. The highest BCUT2D eigenvalue weighted by Crippen LogP contribution is 2.15. The Bertz CT molecular complexity index is 949. The van der Waals surface area contributed by atoms with Crippen LogP contribution in [-0.4, -0.2) is 28.2 Å². The Morgan fingerprint density at radius 2 is 1.81 bits per heavy atom. The molecule has 0 N–H and O–H groups in total. The number of ketones is 2. The van der Waals surface area contributed by atoms with E-state index in [9.17, 15) is 9.59 Å². The molecular weight excluding hydrogens is 352 g/mol. The molecule has 0 aliphatic carbocycles. The number of halogens is 1. The van der Waals surface area contributed by atoms with Gasteiger partial charge in [-0.3, -0.25) is 9.59 Å². The van der Waals surface area contributed by atoms with Crippen LogP contribution in [0, 0.1) is 0 Å². The van der Waals surface area contributed by atoms with Crippen molar-refractivity contribution in [2.45, 2.75) is 13.0 Å². The third-order valence-corrected chi connectivity index (χ3v) is 4.21. The van der Waals surface area contributed by atoms with Gasteiger partial charge in [-0.25, -0.2) is 4.98 Å². The molecule has 0 radical (unpaired) electrons. The summed E-state index contributed by atoms with van der Waals surface area (Å²) in [4.78, 5) is 29.2. The van der Waals surface area contributed by atoms with E-state index in [1.807, 2.05) is 0 Å². The first-order valence-electron chi connectivity index (χ1n) is 8.03. The lowest BCUT2D eigenvalue weighted by atomic mass is 10.1. The zero-order chi connectivity index (χ0) is 18.5. The van der Waals surface area contributed by atoms with Gasteiger partial charge in [0.2, 0.25) is 0 Å². The summed E-state index contributed by atoms with van der Waals surface area (Å²) in [6.45, 7) is 0.103. The van der Waals surface area contributed by atoms with Crippen LogP contribution in [0.4, 0.5) is 0 Å². The van der Waals surface area contributed by atoms with Crippen LogP contribution in [0.1, 0.15) is 26.5 Å². The number of hydrogen-bond donors (Lipinski definition) is 0. The molecule has 3 aromatic rings. The van der Waals surface area contributed by atoms with Gasteiger partial charge in [0, 0.05) is 28.5 Å². The predicted molar refractivity (Wildman–Crippen MR) is 99.0 cm³/mol. The third-order valence-electron chi connectivity index (χ3n) is 3.97. The molecule has 132 valence electrons. The lowest BCUT2D eigenvalue weighted by Gasteiger charge is -2.08. The molecule has 0 amide bonds. The van der Waals surface area contributed by atoms with Crippen LogP contribution in [0.5, 0.6) is 5.75 Å². The molecule has 0 fully saturated rings. The van der Waals surface area contributed by atoms with Gasteiger partial charge < -0.3 is 9.30 Å². The van der Waals surface area contributed by atoms with Gasteiger partial charge >= 0.3 is 0 Å². The summed E-state index contributed by atoms with van der Waals surface area (Å²) in [6.07, 6.45) is 3.37. The number of carbonyl (C=O) groups is 2. The van der Waals surface area contributed by atoms with Gasteiger partial charge in [-0.2, -0.15) is 0 Å². The van der Waals surface area contributed by atoms with E-state index >= 15 is 0 Å².